The highest BCUT2D eigenvalue weighted by Crippen LogP contribution is 2.55. The molecule has 1 aliphatic heterocycles. The molecule has 2 saturated carbocycles. The average Bonchev–Trinajstić information content (AvgIpc) is 3.99. The maximum Gasteiger partial charge on any atom is 0.254 e. The molecule has 0 aromatic heterocycles. The lowest BCUT2D eigenvalue weighted by atomic mass is 9.85. The predicted octanol–water partition coefficient (Wildman–Crippen LogP) is 4.62. The summed E-state index contributed by atoms with van der Waals surface area (Å²) in [6.45, 7) is 21.7. The van der Waals surface area contributed by atoms with Gasteiger partial charge in [-0.1, -0.05) is 73.6 Å². The van der Waals surface area contributed by atoms with Crippen LogP contribution in [-0.2, 0) is 38.4 Å². The lowest BCUT2D eigenvalue weighted by Crippen LogP contribution is -2.65. The largest absolute Gasteiger partial charge is 0.353 e. The third kappa shape index (κ3) is 19.6. The molecule has 1 saturated heterocycles. The van der Waals surface area contributed by atoms with Crippen molar-refractivity contribution in [2.24, 2.45) is 29.1 Å². The second kappa shape index (κ2) is 28.0. The first kappa shape index (κ1) is 64.9. The molecule has 0 bridgehead atoms. The molecule has 19 nitrogen and oxygen atoms in total. The molecule has 5 atom stereocenters. The van der Waals surface area contributed by atoms with Gasteiger partial charge in [-0.05, 0) is 160 Å². The Hall–Kier alpha value is -5.66. The van der Waals surface area contributed by atoms with Crippen molar-refractivity contribution in [1.82, 2.24) is 52.3 Å². The van der Waals surface area contributed by atoms with Crippen LogP contribution in [0.15, 0.2) is 24.3 Å². The van der Waals surface area contributed by atoms with Crippen LogP contribution in [-0.4, -0.2) is 144 Å². The summed E-state index contributed by atoms with van der Waals surface area (Å²) < 4.78 is 13.8. The summed E-state index contributed by atoms with van der Waals surface area (Å²) in [6.07, 6.45) is 8.99. The van der Waals surface area contributed by atoms with E-state index in [0.29, 0.717) is 44.8 Å². The Balaban J connectivity index is 1.48. The zero-order chi connectivity index (χ0) is 58.5. The SMILES string of the molecule is CC(C)C[C@H](NC(=O)[C@H](CCC1CCCCC1)NC(=O)[C@@H]1CC2(CC2)CN1C(=O)c1ccc(F)cc1)C(=O)NC(C)(C)C(=O)N[C@@H](CC(C)C)C(=O)N[C@@H](CC(C)C)C(=O)NC(C)(C)C(=O)NC(C)(C)C(=O)NCCN(C)C. The number of halogens is 1. The number of likely N-dealkylation sites (tertiary alicyclic amines) is 1. The Morgan fingerprint density at radius 3 is 1.58 bits per heavy atom. The molecular formula is C58H95FN10O9. The predicted molar refractivity (Wildman–Crippen MR) is 298 cm³/mol. The molecule has 438 valence electrons. The van der Waals surface area contributed by atoms with Gasteiger partial charge in [0.15, 0.2) is 0 Å². The normalized spacial score (nSPS) is 18.2. The fraction of sp³-hybridized carbons (Fsp3) is 0.741. The van der Waals surface area contributed by atoms with Gasteiger partial charge in [-0.2, -0.15) is 0 Å². The van der Waals surface area contributed by atoms with Crippen molar-refractivity contribution < 1.29 is 47.5 Å². The number of nitrogens with zero attached hydrogens (tertiary/aromatic N) is 2. The second-order valence-corrected chi connectivity index (χ2v) is 25.7. The van der Waals surface area contributed by atoms with Crippen LogP contribution in [0.3, 0.4) is 0 Å². The molecule has 1 spiro atoms. The van der Waals surface area contributed by atoms with Crippen LogP contribution >= 0.6 is 0 Å². The van der Waals surface area contributed by atoms with Gasteiger partial charge in [0.25, 0.3) is 5.91 Å². The Kier molecular flexibility index (Phi) is 23.3. The molecule has 1 aromatic rings. The maximum absolute atomic E-state index is 14.5. The summed E-state index contributed by atoms with van der Waals surface area (Å²) in [7, 11) is 3.75. The van der Waals surface area contributed by atoms with Gasteiger partial charge in [-0.15, -0.1) is 0 Å². The lowest BCUT2D eigenvalue weighted by molar-refractivity contribution is -0.139. The van der Waals surface area contributed by atoms with E-state index in [4.69, 9.17) is 0 Å². The Bertz CT molecular complexity index is 2270. The molecule has 3 aliphatic rings. The van der Waals surface area contributed by atoms with Crippen LogP contribution in [0.2, 0.25) is 0 Å². The molecule has 78 heavy (non-hydrogen) atoms. The minimum absolute atomic E-state index is 0.0880. The topological polar surface area (TPSA) is 256 Å². The first-order valence-corrected chi connectivity index (χ1v) is 28.4. The molecule has 9 amide bonds. The molecule has 0 unspecified atom stereocenters. The van der Waals surface area contributed by atoms with E-state index in [1.807, 2.05) is 60.5 Å². The maximum atomic E-state index is 14.5. The molecule has 1 aromatic carbocycles. The van der Waals surface area contributed by atoms with E-state index in [2.05, 4.69) is 42.5 Å². The number of likely N-dealkylation sites (N-methyl/N-ethyl adjacent to an activating group) is 1. The molecular weight excluding hydrogens is 1000 g/mol. The Labute approximate surface area is 463 Å². The first-order chi connectivity index (χ1) is 36.2. The number of amides is 9. The molecule has 8 N–H and O–H groups in total. The van der Waals surface area contributed by atoms with Gasteiger partial charge in [0.05, 0.1) is 0 Å². The molecule has 3 fully saturated rings. The third-order valence-corrected chi connectivity index (χ3v) is 15.2. The fourth-order valence-corrected chi connectivity index (χ4v) is 10.2. The van der Waals surface area contributed by atoms with Crippen molar-refractivity contribution in [3.05, 3.63) is 35.6 Å². The zero-order valence-corrected chi connectivity index (χ0v) is 49.3. The van der Waals surface area contributed by atoms with Crippen molar-refractivity contribution in [2.45, 2.75) is 213 Å². The van der Waals surface area contributed by atoms with Crippen molar-refractivity contribution in [2.75, 3.05) is 33.7 Å². The molecule has 1 heterocycles. The number of hydrogen-bond donors (Lipinski definition) is 8. The molecule has 0 radical (unpaired) electrons. The number of nitrogens with one attached hydrogen (secondary N) is 8. The highest BCUT2D eigenvalue weighted by molar-refractivity contribution is 6.01. The van der Waals surface area contributed by atoms with E-state index in [-0.39, 0.29) is 53.9 Å². The highest BCUT2D eigenvalue weighted by atomic mass is 19.1. The number of hydrogen-bond acceptors (Lipinski definition) is 10. The standard InChI is InChI=1S/C58H95FN10O9/c1-35(2)30-42(47(71)63-44(32-37(5)6)49(73)66-57(11,12)54(78)67-55(7,8)52(76)60-28-29-68(13)14)64-53(77)56(9,10)65-48(72)43(31-36(3)4)62-46(70)41(25-20-38-18-16-15-17-19-38)61-50(74)45-33-58(26-27-58)34-69(45)51(75)39-21-23-40(59)24-22-39/h21-24,35-38,41-45H,15-20,25-34H2,1-14H3,(H,60,76)(H,61,74)(H,62,70)(H,63,71)(H,64,77)(H,65,72)(H,66,73)(H,67,78)/t41-,42-,43-,44-,45-/m0/s1. The number of carbonyl (C=O) groups is 9. The van der Waals surface area contributed by atoms with Crippen molar-refractivity contribution >= 4 is 53.2 Å². The van der Waals surface area contributed by atoms with Gasteiger partial charge < -0.3 is 52.3 Å². The Morgan fingerprint density at radius 1 is 0.615 bits per heavy atom. The third-order valence-electron chi connectivity index (χ3n) is 15.2. The summed E-state index contributed by atoms with van der Waals surface area (Å²) in [4.78, 5) is 130. The van der Waals surface area contributed by atoms with Gasteiger partial charge in [0.2, 0.25) is 47.3 Å². The van der Waals surface area contributed by atoms with Crippen molar-refractivity contribution in [1.29, 1.82) is 0 Å². The van der Waals surface area contributed by atoms with Gasteiger partial charge >= 0.3 is 0 Å². The summed E-state index contributed by atoms with van der Waals surface area (Å²) in [5.74, 6) is -5.54. The monoisotopic (exact) mass is 1090 g/mol. The highest BCUT2D eigenvalue weighted by Gasteiger charge is 2.55. The lowest BCUT2D eigenvalue weighted by Gasteiger charge is -2.34. The van der Waals surface area contributed by atoms with Crippen molar-refractivity contribution in [3.63, 3.8) is 0 Å². The second-order valence-electron chi connectivity index (χ2n) is 25.7. The minimum Gasteiger partial charge on any atom is -0.353 e. The molecule has 2 aliphatic carbocycles. The van der Waals surface area contributed by atoms with Crippen LogP contribution in [0.5, 0.6) is 0 Å². The zero-order valence-electron chi connectivity index (χ0n) is 49.3. The van der Waals surface area contributed by atoms with E-state index in [1.165, 1.54) is 56.9 Å². The summed E-state index contributed by atoms with van der Waals surface area (Å²) in [6, 6.07) is -0.0951. The van der Waals surface area contributed by atoms with Gasteiger partial charge in [-0.25, -0.2) is 4.39 Å². The van der Waals surface area contributed by atoms with Crippen LogP contribution < -0.4 is 42.5 Å². The van der Waals surface area contributed by atoms with E-state index in [9.17, 15) is 47.5 Å². The summed E-state index contributed by atoms with van der Waals surface area (Å²) in [5, 5.41) is 22.6. The average molecular weight is 1100 g/mol. The van der Waals surface area contributed by atoms with Gasteiger partial charge in [-0.3, -0.25) is 43.2 Å². The van der Waals surface area contributed by atoms with E-state index >= 15 is 0 Å². The van der Waals surface area contributed by atoms with Gasteiger partial charge in [0, 0.05) is 25.2 Å². The van der Waals surface area contributed by atoms with Crippen LogP contribution in [0.25, 0.3) is 0 Å². The van der Waals surface area contributed by atoms with Crippen LogP contribution in [0.1, 0.15) is 177 Å². The summed E-state index contributed by atoms with van der Waals surface area (Å²) >= 11 is 0. The van der Waals surface area contributed by atoms with Crippen LogP contribution in [0, 0.1) is 34.9 Å². The molecule has 4 rings (SSSR count). The number of benzene rings is 1. The molecule has 20 heteroatoms. The number of rotatable bonds is 28. The minimum atomic E-state index is -1.63. The first-order valence-electron chi connectivity index (χ1n) is 28.4. The van der Waals surface area contributed by atoms with Crippen LogP contribution in [0.4, 0.5) is 4.39 Å². The Morgan fingerprint density at radius 2 is 1.09 bits per heavy atom. The van der Waals surface area contributed by atoms with E-state index in [1.54, 1.807) is 13.8 Å². The van der Waals surface area contributed by atoms with Crippen molar-refractivity contribution in [3.8, 4) is 0 Å². The summed E-state index contributed by atoms with van der Waals surface area (Å²) in [5.41, 5.74) is -4.40. The fourth-order valence-electron chi connectivity index (χ4n) is 10.2. The van der Waals surface area contributed by atoms with E-state index < -0.39 is 99.9 Å². The van der Waals surface area contributed by atoms with E-state index in [0.717, 1.165) is 44.9 Å². The smallest absolute Gasteiger partial charge is 0.254 e. The van der Waals surface area contributed by atoms with Gasteiger partial charge in [0.1, 0.15) is 52.6 Å². The quantitative estimate of drug-likeness (QED) is 0.0578. The number of carbonyl (C=O) groups excluding carboxylic acids is 9.